The minimum absolute atomic E-state index is 0.359. The second-order valence-corrected chi connectivity index (χ2v) is 5.42. The highest BCUT2D eigenvalue weighted by molar-refractivity contribution is 5.53. The molecule has 108 valence electrons. The maximum atomic E-state index is 4.49. The SMILES string of the molecule is CCCCC(Nc1c(C)nn(C)c1C)c1ccccc1. The Hall–Kier alpha value is -1.77. The summed E-state index contributed by atoms with van der Waals surface area (Å²) in [6.45, 7) is 6.42. The second kappa shape index (κ2) is 6.60. The molecule has 1 unspecified atom stereocenters. The van der Waals surface area contributed by atoms with Crippen LogP contribution in [0.2, 0.25) is 0 Å². The fourth-order valence-corrected chi connectivity index (χ4v) is 2.57. The van der Waals surface area contributed by atoms with Crippen LogP contribution in [0.4, 0.5) is 5.69 Å². The van der Waals surface area contributed by atoms with E-state index >= 15 is 0 Å². The van der Waals surface area contributed by atoms with Gasteiger partial charge in [-0.05, 0) is 25.8 Å². The Labute approximate surface area is 122 Å². The van der Waals surface area contributed by atoms with Gasteiger partial charge in [0.25, 0.3) is 0 Å². The molecule has 1 heterocycles. The normalized spacial score (nSPS) is 12.4. The Balaban J connectivity index is 2.24. The number of nitrogens with one attached hydrogen (secondary N) is 1. The lowest BCUT2D eigenvalue weighted by atomic mass is 10.0. The standard InChI is InChI=1S/C17H25N3/c1-5-6-12-16(15-10-8-7-9-11-15)18-17-13(2)19-20(4)14(17)3/h7-11,16,18H,5-6,12H2,1-4H3. The van der Waals surface area contributed by atoms with Crippen LogP contribution in [-0.4, -0.2) is 9.78 Å². The van der Waals surface area contributed by atoms with Crippen LogP contribution in [0.25, 0.3) is 0 Å². The molecule has 0 spiro atoms. The van der Waals surface area contributed by atoms with Crippen LogP contribution in [0, 0.1) is 13.8 Å². The molecule has 20 heavy (non-hydrogen) atoms. The third-order valence-electron chi connectivity index (χ3n) is 3.88. The molecular weight excluding hydrogens is 246 g/mol. The van der Waals surface area contributed by atoms with Gasteiger partial charge in [-0.2, -0.15) is 5.10 Å². The summed E-state index contributed by atoms with van der Waals surface area (Å²) in [5.41, 5.74) is 4.79. The zero-order valence-electron chi connectivity index (χ0n) is 13.0. The fourth-order valence-electron chi connectivity index (χ4n) is 2.57. The molecule has 1 aromatic heterocycles. The van der Waals surface area contributed by atoms with Crippen molar-refractivity contribution in [3.63, 3.8) is 0 Å². The number of hydrogen-bond donors (Lipinski definition) is 1. The zero-order valence-corrected chi connectivity index (χ0v) is 13.0. The number of aryl methyl sites for hydroxylation is 2. The highest BCUT2D eigenvalue weighted by Crippen LogP contribution is 2.28. The Morgan fingerprint density at radius 2 is 1.90 bits per heavy atom. The van der Waals surface area contributed by atoms with Crippen molar-refractivity contribution in [1.82, 2.24) is 9.78 Å². The first kappa shape index (κ1) is 14.6. The average molecular weight is 271 g/mol. The quantitative estimate of drug-likeness (QED) is 0.845. The molecule has 2 rings (SSSR count). The van der Waals surface area contributed by atoms with Gasteiger partial charge in [-0.15, -0.1) is 0 Å². The van der Waals surface area contributed by atoms with Crippen LogP contribution in [-0.2, 0) is 7.05 Å². The third-order valence-corrected chi connectivity index (χ3v) is 3.88. The Kier molecular flexibility index (Phi) is 4.83. The van der Waals surface area contributed by atoms with Gasteiger partial charge < -0.3 is 5.32 Å². The van der Waals surface area contributed by atoms with Crippen molar-refractivity contribution in [3.8, 4) is 0 Å². The molecule has 0 aliphatic rings. The van der Waals surface area contributed by atoms with Crippen molar-refractivity contribution in [2.75, 3.05) is 5.32 Å². The number of benzene rings is 1. The Bertz CT molecular complexity index is 543. The summed E-state index contributed by atoms with van der Waals surface area (Å²) in [5.74, 6) is 0. The lowest BCUT2D eigenvalue weighted by Gasteiger charge is -2.20. The number of hydrogen-bond acceptors (Lipinski definition) is 2. The van der Waals surface area contributed by atoms with Crippen LogP contribution in [0.15, 0.2) is 30.3 Å². The number of anilines is 1. The van der Waals surface area contributed by atoms with Crippen molar-refractivity contribution in [2.45, 2.75) is 46.1 Å². The maximum absolute atomic E-state index is 4.49. The van der Waals surface area contributed by atoms with Crippen molar-refractivity contribution in [2.24, 2.45) is 7.05 Å². The van der Waals surface area contributed by atoms with Crippen LogP contribution < -0.4 is 5.32 Å². The van der Waals surface area contributed by atoms with Gasteiger partial charge in [-0.1, -0.05) is 50.1 Å². The summed E-state index contributed by atoms with van der Waals surface area (Å²) >= 11 is 0. The van der Waals surface area contributed by atoms with Gasteiger partial charge in [0.05, 0.1) is 23.1 Å². The molecule has 0 radical (unpaired) electrons. The van der Waals surface area contributed by atoms with Crippen molar-refractivity contribution < 1.29 is 0 Å². The van der Waals surface area contributed by atoms with E-state index in [1.807, 2.05) is 11.7 Å². The van der Waals surface area contributed by atoms with E-state index in [2.05, 4.69) is 61.5 Å². The fraction of sp³-hybridized carbons (Fsp3) is 0.471. The van der Waals surface area contributed by atoms with E-state index in [-0.39, 0.29) is 0 Å². The summed E-state index contributed by atoms with van der Waals surface area (Å²) in [4.78, 5) is 0. The molecule has 0 saturated heterocycles. The number of rotatable bonds is 6. The molecule has 1 aromatic carbocycles. The molecule has 0 aliphatic heterocycles. The first-order valence-electron chi connectivity index (χ1n) is 7.45. The van der Waals surface area contributed by atoms with E-state index in [4.69, 9.17) is 0 Å². The van der Waals surface area contributed by atoms with Gasteiger partial charge in [0.1, 0.15) is 0 Å². The summed E-state index contributed by atoms with van der Waals surface area (Å²) < 4.78 is 1.94. The molecule has 1 N–H and O–H groups in total. The van der Waals surface area contributed by atoms with Crippen molar-refractivity contribution in [1.29, 1.82) is 0 Å². The first-order valence-corrected chi connectivity index (χ1v) is 7.45. The summed E-state index contributed by atoms with van der Waals surface area (Å²) in [6, 6.07) is 11.1. The molecule has 0 saturated carbocycles. The van der Waals surface area contributed by atoms with Gasteiger partial charge in [-0.3, -0.25) is 4.68 Å². The predicted molar refractivity (Wildman–Crippen MR) is 85.0 cm³/mol. The topological polar surface area (TPSA) is 29.9 Å². The lowest BCUT2D eigenvalue weighted by molar-refractivity contribution is 0.633. The minimum atomic E-state index is 0.359. The van der Waals surface area contributed by atoms with Crippen molar-refractivity contribution in [3.05, 3.63) is 47.3 Å². The Morgan fingerprint density at radius 3 is 2.45 bits per heavy atom. The van der Waals surface area contributed by atoms with E-state index in [9.17, 15) is 0 Å². The number of unbranched alkanes of at least 4 members (excludes halogenated alkanes) is 1. The van der Waals surface area contributed by atoms with E-state index in [0.29, 0.717) is 6.04 Å². The highest BCUT2D eigenvalue weighted by Gasteiger charge is 2.15. The van der Waals surface area contributed by atoms with Gasteiger partial charge in [0, 0.05) is 7.05 Å². The maximum Gasteiger partial charge on any atom is 0.0828 e. The van der Waals surface area contributed by atoms with Gasteiger partial charge in [-0.25, -0.2) is 0 Å². The lowest BCUT2D eigenvalue weighted by Crippen LogP contribution is -2.12. The van der Waals surface area contributed by atoms with Crippen LogP contribution >= 0.6 is 0 Å². The van der Waals surface area contributed by atoms with Gasteiger partial charge in [0.2, 0.25) is 0 Å². The molecule has 0 amide bonds. The molecule has 2 aromatic rings. The van der Waals surface area contributed by atoms with Crippen LogP contribution in [0.3, 0.4) is 0 Å². The zero-order chi connectivity index (χ0) is 14.5. The molecule has 0 fully saturated rings. The minimum Gasteiger partial charge on any atom is -0.375 e. The molecule has 0 aliphatic carbocycles. The highest BCUT2D eigenvalue weighted by atomic mass is 15.3. The van der Waals surface area contributed by atoms with Gasteiger partial charge >= 0.3 is 0 Å². The monoisotopic (exact) mass is 271 g/mol. The molecule has 0 bridgehead atoms. The third kappa shape index (κ3) is 3.21. The van der Waals surface area contributed by atoms with Crippen LogP contribution in [0.5, 0.6) is 0 Å². The average Bonchev–Trinajstić information content (AvgIpc) is 2.70. The van der Waals surface area contributed by atoms with Crippen molar-refractivity contribution >= 4 is 5.69 Å². The number of aromatic nitrogens is 2. The molecule has 1 atom stereocenters. The Morgan fingerprint density at radius 1 is 1.20 bits per heavy atom. The van der Waals surface area contributed by atoms with E-state index in [1.54, 1.807) is 0 Å². The molecule has 3 heteroatoms. The summed E-state index contributed by atoms with van der Waals surface area (Å²) in [6.07, 6.45) is 3.59. The van der Waals surface area contributed by atoms with E-state index < -0.39 is 0 Å². The summed E-state index contributed by atoms with van der Waals surface area (Å²) in [7, 11) is 2.00. The second-order valence-electron chi connectivity index (χ2n) is 5.42. The largest absolute Gasteiger partial charge is 0.375 e. The first-order chi connectivity index (χ1) is 9.63. The van der Waals surface area contributed by atoms with Crippen LogP contribution in [0.1, 0.15) is 49.2 Å². The molecular formula is C17H25N3. The van der Waals surface area contributed by atoms with Gasteiger partial charge in [0.15, 0.2) is 0 Å². The molecule has 3 nitrogen and oxygen atoms in total. The smallest absolute Gasteiger partial charge is 0.0828 e. The predicted octanol–water partition coefficient (Wildman–Crippen LogP) is 4.38. The summed E-state index contributed by atoms with van der Waals surface area (Å²) in [5, 5.41) is 8.20. The van der Waals surface area contributed by atoms with E-state index in [1.165, 1.54) is 29.8 Å². The van der Waals surface area contributed by atoms with E-state index in [0.717, 1.165) is 12.1 Å². The number of nitrogens with zero attached hydrogens (tertiary/aromatic N) is 2.